The molecule has 0 spiro atoms. The van der Waals surface area contributed by atoms with E-state index in [4.69, 9.17) is 14.2 Å². The van der Waals surface area contributed by atoms with Crippen LogP contribution in [0.3, 0.4) is 0 Å². The Balaban J connectivity index is 2.16. The minimum atomic E-state index is -0.838. The first-order valence-corrected chi connectivity index (χ1v) is 7.47. The summed E-state index contributed by atoms with van der Waals surface area (Å²) in [5, 5.41) is 5.05. The first-order valence-electron chi connectivity index (χ1n) is 7.47. The Morgan fingerprint density at radius 1 is 0.760 bits per heavy atom. The van der Waals surface area contributed by atoms with Gasteiger partial charge in [0.15, 0.2) is 0 Å². The fourth-order valence-electron chi connectivity index (χ4n) is 2.19. The van der Waals surface area contributed by atoms with Gasteiger partial charge in [-0.05, 0) is 36.8 Å². The van der Waals surface area contributed by atoms with Crippen LogP contribution in [-0.4, -0.2) is 33.1 Å². The SMILES string of the molecule is COc1ccc(OC)c(NC(=O)C(=O)Nc2cc(C)ccc2OC)c1. The Kier molecular flexibility index (Phi) is 5.84. The lowest BCUT2D eigenvalue weighted by Crippen LogP contribution is -2.29. The van der Waals surface area contributed by atoms with Crippen molar-refractivity contribution in [3.63, 3.8) is 0 Å². The number of methoxy groups -OCH3 is 3. The van der Waals surface area contributed by atoms with Crippen molar-refractivity contribution in [1.29, 1.82) is 0 Å². The van der Waals surface area contributed by atoms with E-state index in [-0.39, 0.29) is 0 Å². The lowest BCUT2D eigenvalue weighted by Gasteiger charge is -2.13. The van der Waals surface area contributed by atoms with E-state index in [2.05, 4.69) is 10.6 Å². The highest BCUT2D eigenvalue weighted by Crippen LogP contribution is 2.29. The smallest absolute Gasteiger partial charge is 0.314 e. The molecule has 0 saturated heterocycles. The number of aryl methyl sites for hydroxylation is 1. The molecule has 2 aromatic carbocycles. The van der Waals surface area contributed by atoms with Crippen LogP contribution in [0.2, 0.25) is 0 Å². The topological polar surface area (TPSA) is 85.9 Å². The van der Waals surface area contributed by atoms with Crippen molar-refractivity contribution < 1.29 is 23.8 Å². The summed E-state index contributed by atoms with van der Waals surface area (Å²) in [5.41, 5.74) is 1.67. The van der Waals surface area contributed by atoms with Crippen LogP contribution in [-0.2, 0) is 9.59 Å². The van der Waals surface area contributed by atoms with Crippen LogP contribution in [0.25, 0.3) is 0 Å². The van der Waals surface area contributed by atoms with Gasteiger partial charge >= 0.3 is 11.8 Å². The maximum Gasteiger partial charge on any atom is 0.314 e. The van der Waals surface area contributed by atoms with Crippen LogP contribution < -0.4 is 24.8 Å². The number of ether oxygens (including phenoxy) is 3. The number of nitrogens with one attached hydrogen (secondary N) is 2. The largest absolute Gasteiger partial charge is 0.497 e. The standard InChI is InChI=1S/C18H20N2O5/c1-11-5-7-15(24-3)13(9-11)19-17(21)18(22)20-14-10-12(23-2)6-8-16(14)25-4/h5-10H,1-4H3,(H,19,21)(H,20,22). The second kappa shape index (κ2) is 8.05. The number of carbonyl (C=O) groups excluding carboxylic acids is 2. The van der Waals surface area contributed by atoms with Gasteiger partial charge in [0, 0.05) is 6.07 Å². The molecule has 132 valence electrons. The summed E-state index contributed by atoms with van der Waals surface area (Å²) < 4.78 is 15.5. The summed E-state index contributed by atoms with van der Waals surface area (Å²) in [4.78, 5) is 24.4. The molecule has 0 saturated carbocycles. The zero-order chi connectivity index (χ0) is 18.4. The summed E-state index contributed by atoms with van der Waals surface area (Å²) in [6.45, 7) is 1.87. The third-order valence-corrected chi connectivity index (χ3v) is 3.46. The quantitative estimate of drug-likeness (QED) is 0.814. The lowest BCUT2D eigenvalue weighted by molar-refractivity contribution is -0.133. The van der Waals surface area contributed by atoms with Crippen molar-refractivity contribution >= 4 is 23.2 Å². The van der Waals surface area contributed by atoms with Gasteiger partial charge in [-0.15, -0.1) is 0 Å². The molecule has 25 heavy (non-hydrogen) atoms. The van der Waals surface area contributed by atoms with E-state index in [0.717, 1.165) is 5.56 Å². The van der Waals surface area contributed by atoms with Crippen molar-refractivity contribution in [2.75, 3.05) is 32.0 Å². The first-order chi connectivity index (χ1) is 12.0. The van der Waals surface area contributed by atoms with Gasteiger partial charge in [-0.1, -0.05) is 6.07 Å². The molecule has 0 aliphatic carbocycles. The molecule has 0 aliphatic rings. The second-order valence-electron chi connectivity index (χ2n) is 5.18. The molecule has 0 bridgehead atoms. The molecule has 2 rings (SSSR count). The Morgan fingerprint density at radius 2 is 1.28 bits per heavy atom. The van der Waals surface area contributed by atoms with Gasteiger partial charge in [0.05, 0.1) is 32.7 Å². The van der Waals surface area contributed by atoms with E-state index >= 15 is 0 Å². The predicted octanol–water partition coefficient (Wildman–Crippen LogP) is 2.60. The van der Waals surface area contributed by atoms with Gasteiger partial charge < -0.3 is 24.8 Å². The van der Waals surface area contributed by atoms with E-state index in [0.29, 0.717) is 28.6 Å². The Bertz CT molecular complexity index is 789. The minimum Gasteiger partial charge on any atom is -0.497 e. The number of rotatable bonds is 5. The number of carbonyl (C=O) groups is 2. The van der Waals surface area contributed by atoms with Gasteiger partial charge in [-0.2, -0.15) is 0 Å². The molecular weight excluding hydrogens is 324 g/mol. The number of amides is 2. The first kappa shape index (κ1) is 18.1. The average molecular weight is 344 g/mol. The van der Waals surface area contributed by atoms with Gasteiger partial charge in [-0.25, -0.2) is 0 Å². The normalized spacial score (nSPS) is 9.92. The van der Waals surface area contributed by atoms with Crippen molar-refractivity contribution in [3.05, 3.63) is 42.0 Å². The van der Waals surface area contributed by atoms with E-state index in [1.54, 1.807) is 30.3 Å². The number of hydrogen-bond acceptors (Lipinski definition) is 5. The molecule has 0 heterocycles. The molecule has 0 atom stereocenters. The molecule has 0 fully saturated rings. The Morgan fingerprint density at radius 3 is 1.80 bits per heavy atom. The lowest BCUT2D eigenvalue weighted by atomic mass is 10.2. The van der Waals surface area contributed by atoms with Crippen LogP contribution in [0, 0.1) is 6.92 Å². The Hall–Kier alpha value is -3.22. The fraction of sp³-hybridized carbons (Fsp3) is 0.222. The van der Waals surface area contributed by atoms with E-state index in [1.807, 2.05) is 13.0 Å². The van der Waals surface area contributed by atoms with E-state index < -0.39 is 11.8 Å². The highest BCUT2D eigenvalue weighted by Gasteiger charge is 2.18. The molecule has 0 radical (unpaired) electrons. The van der Waals surface area contributed by atoms with E-state index in [1.165, 1.54) is 21.3 Å². The van der Waals surface area contributed by atoms with Gasteiger partial charge in [0.25, 0.3) is 0 Å². The average Bonchev–Trinajstić information content (AvgIpc) is 2.61. The molecule has 2 aromatic rings. The van der Waals surface area contributed by atoms with Crippen molar-refractivity contribution in [2.45, 2.75) is 6.92 Å². The molecule has 2 N–H and O–H groups in total. The predicted molar refractivity (Wildman–Crippen MR) is 94.5 cm³/mol. The second-order valence-corrected chi connectivity index (χ2v) is 5.18. The van der Waals surface area contributed by atoms with Gasteiger partial charge in [0.1, 0.15) is 17.2 Å². The molecule has 7 nitrogen and oxygen atoms in total. The summed E-state index contributed by atoms with van der Waals surface area (Å²) in [7, 11) is 4.46. The number of hydrogen-bond donors (Lipinski definition) is 2. The molecular formula is C18H20N2O5. The minimum absolute atomic E-state index is 0.332. The highest BCUT2D eigenvalue weighted by atomic mass is 16.5. The summed E-state index contributed by atoms with van der Waals surface area (Å²) >= 11 is 0. The summed E-state index contributed by atoms with van der Waals surface area (Å²) in [6.07, 6.45) is 0. The van der Waals surface area contributed by atoms with Crippen molar-refractivity contribution in [3.8, 4) is 17.2 Å². The third-order valence-electron chi connectivity index (χ3n) is 3.46. The highest BCUT2D eigenvalue weighted by molar-refractivity contribution is 6.44. The van der Waals surface area contributed by atoms with Crippen LogP contribution in [0.5, 0.6) is 17.2 Å². The maximum absolute atomic E-state index is 12.2. The number of anilines is 2. The monoisotopic (exact) mass is 344 g/mol. The summed E-state index contributed by atoms with van der Waals surface area (Å²) in [5.74, 6) is -0.262. The summed E-state index contributed by atoms with van der Waals surface area (Å²) in [6, 6.07) is 10.2. The zero-order valence-corrected chi connectivity index (χ0v) is 14.5. The zero-order valence-electron chi connectivity index (χ0n) is 14.5. The molecule has 7 heteroatoms. The van der Waals surface area contributed by atoms with Crippen LogP contribution in [0.15, 0.2) is 36.4 Å². The molecule has 0 aliphatic heterocycles. The van der Waals surface area contributed by atoms with Crippen LogP contribution in [0.1, 0.15) is 5.56 Å². The van der Waals surface area contributed by atoms with Gasteiger partial charge in [-0.3, -0.25) is 9.59 Å². The maximum atomic E-state index is 12.2. The number of benzene rings is 2. The Labute approximate surface area is 145 Å². The van der Waals surface area contributed by atoms with Crippen LogP contribution >= 0.6 is 0 Å². The molecule has 2 amide bonds. The van der Waals surface area contributed by atoms with Gasteiger partial charge in [0.2, 0.25) is 0 Å². The third kappa shape index (κ3) is 4.41. The van der Waals surface area contributed by atoms with Crippen LogP contribution in [0.4, 0.5) is 11.4 Å². The molecule has 0 unspecified atom stereocenters. The van der Waals surface area contributed by atoms with E-state index in [9.17, 15) is 9.59 Å². The fourth-order valence-corrected chi connectivity index (χ4v) is 2.19. The molecule has 0 aromatic heterocycles. The van der Waals surface area contributed by atoms with Crippen molar-refractivity contribution in [2.24, 2.45) is 0 Å². The van der Waals surface area contributed by atoms with Crippen molar-refractivity contribution in [1.82, 2.24) is 0 Å².